The molecule has 0 aliphatic heterocycles. The Balaban J connectivity index is 3.15. The Morgan fingerprint density at radius 2 is 1.56 bits per heavy atom. The number of thiophene rings is 1. The molecule has 18 heavy (non-hydrogen) atoms. The van der Waals surface area contributed by atoms with Crippen LogP contribution in [-0.4, -0.2) is 12.4 Å². The Hall–Kier alpha value is 0.340. The highest BCUT2D eigenvalue weighted by atomic mass is 79.9. The summed E-state index contributed by atoms with van der Waals surface area (Å²) in [6.45, 7) is 0. The van der Waals surface area contributed by atoms with Crippen LogP contribution in [0.15, 0.2) is 10.5 Å². The van der Waals surface area contributed by atoms with Gasteiger partial charge in [-0.25, -0.2) is 0 Å². The predicted molar refractivity (Wildman–Crippen MR) is 61.2 cm³/mol. The standard InChI is InChI=1S/C8H3BrCl2F6S/c9-2-1-3(18-6(2)11)4(10)5(7(12,13)14)8(15,16)17/h1,4-5H. The zero-order chi connectivity index (χ0) is 14.3. The maximum absolute atomic E-state index is 12.4. The highest BCUT2D eigenvalue weighted by Gasteiger charge is 2.60. The molecule has 0 nitrogen and oxygen atoms in total. The van der Waals surface area contributed by atoms with Crippen molar-refractivity contribution in [3.8, 4) is 0 Å². The van der Waals surface area contributed by atoms with Crippen LogP contribution >= 0.6 is 50.5 Å². The Labute approximate surface area is 120 Å². The van der Waals surface area contributed by atoms with Crippen LogP contribution in [-0.2, 0) is 0 Å². The van der Waals surface area contributed by atoms with Crippen LogP contribution in [0.4, 0.5) is 26.3 Å². The second kappa shape index (κ2) is 5.38. The highest BCUT2D eigenvalue weighted by Crippen LogP contribution is 2.51. The average Bonchev–Trinajstić information content (AvgIpc) is 2.41. The first-order valence-electron chi connectivity index (χ1n) is 4.17. The number of hydrogen-bond acceptors (Lipinski definition) is 1. The summed E-state index contributed by atoms with van der Waals surface area (Å²) < 4.78 is 74.7. The van der Waals surface area contributed by atoms with E-state index in [1.54, 1.807) is 0 Å². The zero-order valence-electron chi connectivity index (χ0n) is 8.04. The molecule has 0 aromatic carbocycles. The van der Waals surface area contributed by atoms with E-state index in [0.29, 0.717) is 11.3 Å². The van der Waals surface area contributed by atoms with E-state index >= 15 is 0 Å². The fourth-order valence-electron chi connectivity index (χ4n) is 1.18. The quantitative estimate of drug-likeness (QED) is 0.414. The molecule has 0 N–H and O–H groups in total. The summed E-state index contributed by atoms with van der Waals surface area (Å²) in [4.78, 5) is -0.298. The van der Waals surface area contributed by atoms with E-state index in [1.165, 1.54) is 0 Å². The third-order valence-corrected chi connectivity index (χ3v) is 5.11. The minimum Gasteiger partial charge on any atom is -0.170 e. The molecule has 0 fully saturated rings. The molecule has 1 atom stereocenters. The minimum atomic E-state index is -5.48. The van der Waals surface area contributed by atoms with Crippen molar-refractivity contribution < 1.29 is 26.3 Å². The van der Waals surface area contributed by atoms with E-state index in [1.807, 2.05) is 0 Å². The summed E-state index contributed by atoms with van der Waals surface area (Å²) in [6.07, 6.45) is -11.0. The maximum atomic E-state index is 12.4. The molecule has 1 unspecified atom stereocenters. The van der Waals surface area contributed by atoms with Crippen molar-refractivity contribution in [3.63, 3.8) is 0 Å². The lowest BCUT2D eigenvalue weighted by Crippen LogP contribution is -2.39. The number of alkyl halides is 7. The summed E-state index contributed by atoms with van der Waals surface area (Å²) in [5, 5.41) is -2.26. The Morgan fingerprint density at radius 1 is 1.11 bits per heavy atom. The van der Waals surface area contributed by atoms with Gasteiger partial charge in [-0.1, -0.05) is 11.6 Å². The van der Waals surface area contributed by atoms with Crippen LogP contribution in [0.2, 0.25) is 4.34 Å². The van der Waals surface area contributed by atoms with Crippen LogP contribution in [0.5, 0.6) is 0 Å². The third kappa shape index (κ3) is 3.68. The van der Waals surface area contributed by atoms with E-state index in [4.69, 9.17) is 23.2 Å². The molecule has 0 amide bonds. The summed E-state index contributed by atoms with van der Waals surface area (Å²) in [5.74, 6) is -3.63. The van der Waals surface area contributed by atoms with Gasteiger partial charge in [0.25, 0.3) is 0 Å². The molecule has 104 valence electrons. The van der Waals surface area contributed by atoms with Gasteiger partial charge in [-0.2, -0.15) is 26.3 Å². The normalized spacial score (nSPS) is 15.2. The smallest absolute Gasteiger partial charge is 0.170 e. The van der Waals surface area contributed by atoms with Crippen LogP contribution in [0, 0.1) is 5.92 Å². The van der Waals surface area contributed by atoms with Gasteiger partial charge in [0.2, 0.25) is 0 Å². The van der Waals surface area contributed by atoms with Gasteiger partial charge in [0.05, 0.1) is 5.38 Å². The molecule has 10 heteroatoms. The average molecular weight is 396 g/mol. The van der Waals surface area contributed by atoms with E-state index in [-0.39, 0.29) is 13.7 Å². The van der Waals surface area contributed by atoms with E-state index in [9.17, 15) is 26.3 Å². The number of hydrogen-bond donors (Lipinski definition) is 0. The fourth-order valence-corrected chi connectivity index (χ4v) is 3.41. The maximum Gasteiger partial charge on any atom is 0.402 e. The Morgan fingerprint density at radius 3 is 1.83 bits per heavy atom. The van der Waals surface area contributed by atoms with Gasteiger partial charge in [-0.15, -0.1) is 22.9 Å². The monoisotopic (exact) mass is 394 g/mol. The molecule has 0 bridgehead atoms. The summed E-state index contributed by atoms with van der Waals surface area (Å²) in [5.41, 5.74) is 0. The lowest BCUT2D eigenvalue weighted by Gasteiger charge is -2.26. The summed E-state index contributed by atoms with van der Waals surface area (Å²) in [6, 6.07) is 1.05. The van der Waals surface area contributed by atoms with Gasteiger partial charge >= 0.3 is 12.4 Å². The fraction of sp³-hybridized carbons (Fsp3) is 0.500. The highest BCUT2D eigenvalue weighted by molar-refractivity contribution is 9.10. The largest absolute Gasteiger partial charge is 0.402 e. The Kier molecular flexibility index (Phi) is 4.90. The van der Waals surface area contributed by atoms with E-state index < -0.39 is 23.6 Å². The lowest BCUT2D eigenvalue weighted by molar-refractivity contribution is -0.284. The van der Waals surface area contributed by atoms with Crippen LogP contribution in [0.1, 0.15) is 10.3 Å². The molecule has 0 saturated heterocycles. The van der Waals surface area contributed by atoms with Gasteiger partial charge in [0, 0.05) is 9.35 Å². The molecule has 1 rings (SSSR count). The third-order valence-electron chi connectivity index (χ3n) is 1.93. The molecular formula is C8H3BrCl2F6S. The number of rotatable bonds is 2. The van der Waals surface area contributed by atoms with Crippen molar-refractivity contribution in [1.29, 1.82) is 0 Å². The molecule has 0 saturated carbocycles. The van der Waals surface area contributed by atoms with Gasteiger partial charge in [-0.05, 0) is 22.0 Å². The van der Waals surface area contributed by atoms with Crippen LogP contribution < -0.4 is 0 Å². The summed E-state index contributed by atoms with van der Waals surface area (Å²) in [7, 11) is 0. The second-order valence-corrected chi connectivity index (χ2v) is 6.24. The first kappa shape index (κ1) is 16.4. The topological polar surface area (TPSA) is 0 Å². The van der Waals surface area contributed by atoms with Crippen molar-refractivity contribution in [2.75, 3.05) is 0 Å². The molecule has 0 aliphatic rings. The van der Waals surface area contributed by atoms with Crippen molar-refractivity contribution >= 4 is 50.5 Å². The van der Waals surface area contributed by atoms with Crippen molar-refractivity contribution in [1.82, 2.24) is 0 Å². The van der Waals surface area contributed by atoms with Crippen molar-refractivity contribution in [2.45, 2.75) is 17.7 Å². The lowest BCUT2D eigenvalue weighted by atomic mass is 10.0. The second-order valence-electron chi connectivity index (χ2n) is 3.23. The molecule has 1 aromatic heterocycles. The van der Waals surface area contributed by atoms with E-state index in [2.05, 4.69) is 15.9 Å². The molecular weight excluding hydrogens is 393 g/mol. The molecule has 0 radical (unpaired) electrons. The van der Waals surface area contributed by atoms with Crippen LogP contribution in [0.25, 0.3) is 0 Å². The molecule has 0 spiro atoms. The van der Waals surface area contributed by atoms with Gasteiger partial charge in [0.15, 0.2) is 5.92 Å². The van der Waals surface area contributed by atoms with Gasteiger partial charge < -0.3 is 0 Å². The zero-order valence-corrected chi connectivity index (χ0v) is 12.0. The van der Waals surface area contributed by atoms with Crippen LogP contribution in [0.3, 0.4) is 0 Å². The van der Waals surface area contributed by atoms with E-state index in [0.717, 1.165) is 6.07 Å². The van der Waals surface area contributed by atoms with Gasteiger partial charge in [0.1, 0.15) is 4.34 Å². The molecule has 1 heterocycles. The Bertz CT molecular complexity index is 393. The van der Waals surface area contributed by atoms with Crippen molar-refractivity contribution in [3.05, 3.63) is 19.8 Å². The predicted octanol–water partition coefficient (Wildman–Crippen LogP) is 6.18. The van der Waals surface area contributed by atoms with Crippen molar-refractivity contribution in [2.24, 2.45) is 5.92 Å². The first-order valence-corrected chi connectivity index (χ1v) is 6.59. The number of halogens is 9. The molecule has 0 aliphatic carbocycles. The summed E-state index contributed by atoms with van der Waals surface area (Å²) >= 11 is 14.3. The SMILES string of the molecule is FC(F)(F)C(C(Cl)c1cc(Br)c(Cl)s1)C(F)(F)F. The first-order chi connectivity index (χ1) is 7.94. The minimum absolute atomic E-state index is 0.0405. The van der Waals surface area contributed by atoms with Gasteiger partial charge in [-0.3, -0.25) is 0 Å². The molecule has 1 aromatic rings.